The minimum absolute atomic E-state index is 0.0949. The van der Waals surface area contributed by atoms with Crippen LogP contribution >= 0.6 is 22.9 Å². The number of halogens is 1. The minimum Gasteiger partial charge on any atom is -0.492 e. The van der Waals surface area contributed by atoms with E-state index in [1.165, 1.54) is 17.8 Å². The summed E-state index contributed by atoms with van der Waals surface area (Å²) in [5.74, 6) is 2.14. The predicted molar refractivity (Wildman–Crippen MR) is 110 cm³/mol. The molecule has 7 heteroatoms. The first-order valence-electron chi connectivity index (χ1n) is 9.53. The number of benzene rings is 1. The molecular weight excluding hydrogens is 380 g/mol. The van der Waals surface area contributed by atoms with E-state index >= 15 is 0 Å². The number of fused-ring (bicyclic) bond motifs is 1. The number of hydrogen-bond donors (Lipinski definition) is 1. The van der Waals surface area contributed by atoms with Crippen molar-refractivity contribution in [2.45, 2.75) is 39.7 Å². The van der Waals surface area contributed by atoms with E-state index in [9.17, 15) is 5.11 Å². The highest BCUT2D eigenvalue weighted by atomic mass is 35.5. The van der Waals surface area contributed by atoms with Crippen molar-refractivity contribution in [1.82, 2.24) is 19.5 Å². The van der Waals surface area contributed by atoms with Crippen LogP contribution in [0.5, 0.6) is 5.88 Å². The first-order valence-corrected chi connectivity index (χ1v) is 10.7. The lowest BCUT2D eigenvalue weighted by Crippen LogP contribution is -2.41. The summed E-state index contributed by atoms with van der Waals surface area (Å²) < 4.78 is 1.57. The molecule has 0 spiro atoms. The molecule has 3 aromatic rings. The van der Waals surface area contributed by atoms with Gasteiger partial charge in [0.25, 0.3) is 0 Å². The molecule has 0 aliphatic carbocycles. The lowest BCUT2D eigenvalue weighted by Gasteiger charge is -2.40. The number of aromatic nitrogens is 3. The standard InChI is InChI=1S/C20H25ClN4OS/c1-4-16-22-20-25(23-16)19(26)18(27-20)17(14-7-5-6-8-15(14)21)24-10-12(2)9-13(3)11-24/h5-8,12-13,17,26H,4,9-11H2,1-3H3/t12-,13+,17-/m1/s1. The van der Waals surface area contributed by atoms with Gasteiger partial charge in [-0.1, -0.05) is 61.9 Å². The van der Waals surface area contributed by atoms with Crippen LogP contribution in [0.25, 0.3) is 4.96 Å². The maximum Gasteiger partial charge on any atom is 0.230 e. The highest BCUT2D eigenvalue weighted by Crippen LogP contribution is 2.43. The summed E-state index contributed by atoms with van der Waals surface area (Å²) in [6, 6.07) is 7.84. The van der Waals surface area contributed by atoms with E-state index in [0.717, 1.165) is 45.8 Å². The van der Waals surface area contributed by atoms with E-state index < -0.39 is 0 Å². The molecule has 3 heterocycles. The Balaban J connectivity index is 1.84. The molecule has 0 saturated carbocycles. The van der Waals surface area contributed by atoms with Crippen LogP contribution in [0.3, 0.4) is 0 Å². The highest BCUT2D eigenvalue weighted by molar-refractivity contribution is 7.17. The lowest BCUT2D eigenvalue weighted by atomic mass is 9.89. The molecule has 0 unspecified atom stereocenters. The molecule has 1 saturated heterocycles. The van der Waals surface area contributed by atoms with Gasteiger partial charge in [0.2, 0.25) is 10.8 Å². The first kappa shape index (κ1) is 18.7. The third-order valence-electron chi connectivity index (χ3n) is 5.27. The predicted octanol–water partition coefficient (Wildman–Crippen LogP) is 4.78. The number of likely N-dealkylation sites (tertiary alicyclic amines) is 1. The molecule has 0 amide bonds. The van der Waals surface area contributed by atoms with Crippen molar-refractivity contribution in [2.24, 2.45) is 11.8 Å². The SMILES string of the molecule is CCc1nc2sc([C@@H](c3ccccc3Cl)N3C[C@H](C)C[C@H](C)C3)c(O)n2n1. The van der Waals surface area contributed by atoms with Gasteiger partial charge in [-0.15, -0.1) is 5.10 Å². The molecule has 0 bridgehead atoms. The molecule has 5 nitrogen and oxygen atoms in total. The molecule has 1 fully saturated rings. The van der Waals surface area contributed by atoms with Gasteiger partial charge in [0.05, 0.1) is 10.9 Å². The number of aromatic hydroxyl groups is 1. The highest BCUT2D eigenvalue weighted by Gasteiger charge is 2.34. The summed E-state index contributed by atoms with van der Waals surface area (Å²) in [7, 11) is 0. The number of aryl methyl sites for hydroxylation is 1. The van der Waals surface area contributed by atoms with E-state index in [4.69, 9.17) is 11.6 Å². The Morgan fingerprint density at radius 2 is 1.96 bits per heavy atom. The third kappa shape index (κ3) is 3.46. The van der Waals surface area contributed by atoms with Gasteiger partial charge >= 0.3 is 0 Å². The quantitative estimate of drug-likeness (QED) is 0.679. The molecule has 1 N–H and O–H groups in total. The summed E-state index contributed by atoms with van der Waals surface area (Å²) in [5.41, 5.74) is 1.02. The second-order valence-electron chi connectivity index (χ2n) is 7.69. The van der Waals surface area contributed by atoms with Gasteiger partial charge in [0.15, 0.2) is 5.82 Å². The van der Waals surface area contributed by atoms with Crippen LogP contribution in [0.2, 0.25) is 5.02 Å². The fraction of sp³-hybridized carbons (Fsp3) is 0.500. The number of rotatable bonds is 4. The molecule has 144 valence electrons. The summed E-state index contributed by atoms with van der Waals surface area (Å²) in [6.07, 6.45) is 1.98. The largest absolute Gasteiger partial charge is 0.492 e. The molecule has 2 aromatic heterocycles. The van der Waals surface area contributed by atoms with Gasteiger partial charge in [0, 0.05) is 24.5 Å². The van der Waals surface area contributed by atoms with E-state index in [0.29, 0.717) is 11.8 Å². The number of piperidine rings is 1. The Morgan fingerprint density at radius 1 is 1.26 bits per heavy atom. The van der Waals surface area contributed by atoms with Crippen LogP contribution in [-0.2, 0) is 6.42 Å². The van der Waals surface area contributed by atoms with Crippen LogP contribution in [0, 0.1) is 11.8 Å². The molecule has 4 rings (SSSR count). The van der Waals surface area contributed by atoms with Gasteiger partial charge in [-0.2, -0.15) is 4.52 Å². The van der Waals surface area contributed by atoms with Crippen molar-refractivity contribution in [2.75, 3.05) is 13.1 Å². The van der Waals surface area contributed by atoms with Crippen molar-refractivity contribution < 1.29 is 5.11 Å². The van der Waals surface area contributed by atoms with Gasteiger partial charge in [0.1, 0.15) is 0 Å². The topological polar surface area (TPSA) is 53.7 Å². The second kappa shape index (κ2) is 7.41. The summed E-state index contributed by atoms with van der Waals surface area (Å²) in [6.45, 7) is 8.56. The first-order chi connectivity index (χ1) is 13.0. The Bertz CT molecular complexity index is 943. The smallest absolute Gasteiger partial charge is 0.230 e. The Kier molecular flexibility index (Phi) is 5.14. The number of thiazole rings is 1. The van der Waals surface area contributed by atoms with Crippen LogP contribution in [-0.4, -0.2) is 37.7 Å². The Hall–Kier alpha value is -1.63. The lowest BCUT2D eigenvalue weighted by molar-refractivity contribution is 0.112. The van der Waals surface area contributed by atoms with Crippen molar-refractivity contribution in [3.63, 3.8) is 0 Å². The van der Waals surface area contributed by atoms with Crippen LogP contribution in [0.4, 0.5) is 0 Å². The van der Waals surface area contributed by atoms with E-state index in [2.05, 4.69) is 34.9 Å². The maximum atomic E-state index is 11.0. The average Bonchev–Trinajstić information content (AvgIpc) is 3.16. The summed E-state index contributed by atoms with van der Waals surface area (Å²) in [4.78, 5) is 8.59. The zero-order valence-corrected chi connectivity index (χ0v) is 17.5. The van der Waals surface area contributed by atoms with Gasteiger partial charge in [-0.05, 0) is 29.9 Å². The number of nitrogens with zero attached hydrogens (tertiary/aromatic N) is 4. The monoisotopic (exact) mass is 404 g/mol. The Labute approximate surface area is 168 Å². The molecule has 1 aliphatic rings. The van der Waals surface area contributed by atoms with Gasteiger partial charge < -0.3 is 5.11 Å². The summed E-state index contributed by atoms with van der Waals surface area (Å²) in [5, 5.41) is 16.1. The molecule has 1 aromatic carbocycles. The van der Waals surface area contributed by atoms with Crippen molar-refractivity contribution in [3.8, 4) is 5.88 Å². The van der Waals surface area contributed by atoms with Crippen molar-refractivity contribution in [1.29, 1.82) is 0 Å². The average molecular weight is 405 g/mol. The zero-order chi connectivity index (χ0) is 19.1. The van der Waals surface area contributed by atoms with Crippen molar-refractivity contribution in [3.05, 3.63) is 45.6 Å². The number of hydrogen-bond acceptors (Lipinski definition) is 5. The summed E-state index contributed by atoms with van der Waals surface area (Å²) >= 11 is 8.10. The van der Waals surface area contributed by atoms with E-state index in [1.54, 1.807) is 4.52 Å². The van der Waals surface area contributed by atoms with Gasteiger partial charge in [-0.3, -0.25) is 4.90 Å². The molecule has 27 heavy (non-hydrogen) atoms. The van der Waals surface area contributed by atoms with Crippen LogP contribution < -0.4 is 0 Å². The van der Waals surface area contributed by atoms with Crippen LogP contribution in [0.1, 0.15) is 49.5 Å². The fourth-order valence-corrected chi connectivity index (χ4v) is 5.61. The maximum absolute atomic E-state index is 11.0. The van der Waals surface area contributed by atoms with Crippen molar-refractivity contribution >= 4 is 27.9 Å². The zero-order valence-electron chi connectivity index (χ0n) is 15.9. The van der Waals surface area contributed by atoms with Gasteiger partial charge in [-0.25, -0.2) is 4.98 Å². The molecule has 0 radical (unpaired) electrons. The molecule has 1 aliphatic heterocycles. The second-order valence-corrected chi connectivity index (χ2v) is 9.11. The Morgan fingerprint density at radius 3 is 2.59 bits per heavy atom. The minimum atomic E-state index is -0.0949. The molecule has 3 atom stereocenters. The molecular formula is C20H25ClN4OS. The van der Waals surface area contributed by atoms with E-state index in [-0.39, 0.29) is 11.9 Å². The third-order valence-corrected chi connectivity index (χ3v) is 6.69. The van der Waals surface area contributed by atoms with Crippen LogP contribution in [0.15, 0.2) is 24.3 Å². The van der Waals surface area contributed by atoms with E-state index in [1.807, 2.05) is 25.1 Å². The fourth-order valence-electron chi connectivity index (χ4n) is 4.24. The normalized spacial score (nSPS) is 22.4.